The van der Waals surface area contributed by atoms with E-state index in [1.807, 2.05) is 30.3 Å². The number of hydrogen-bond donors (Lipinski definition) is 2. The molecule has 0 fully saturated rings. The van der Waals surface area contributed by atoms with E-state index in [-0.39, 0.29) is 17.7 Å². The average molecular weight is 410 g/mol. The molecule has 0 bridgehead atoms. The molecule has 2 rings (SSSR count). The second-order valence-electron chi connectivity index (χ2n) is 6.61. The fraction of sp³-hybridized carbons (Fsp3) is 0.333. The first-order chi connectivity index (χ1) is 11.2. The van der Waals surface area contributed by atoms with Crippen LogP contribution < -0.4 is 5.32 Å². The van der Waals surface area contributed by atoms with Crippen LogP contribution in [0.25, 0.3) is 0 Å². The van der Waals surface area contributed by atoms with Gasteiger partial charge in [0.15, 0.2) is 0 Å². The van der Waals surface area contributed by atoms with E-state index in [0.29, 0.717) is 4.88 Å². The molecule has 2 aromatic rings. The highest BCUT2D eigenvalue weighted by atomic mass is 79.9. The Morgan fingerprint density at radius 3 is 2.29 bits per heavy atom. The topological polar surface area (TPSA) is 66.4 Å². The van der Waals surface area contributed by atoms with Gasteiger partial charge >= 0.3 is 5.97 Å². The van der Waals surface area contributed by atoms with Crippen molar-refractivity contribution in [1.29, 1.82) is 0 Å². The van der Waals surface area contributed by atoms with Crippen LogP contribution in [0.4, 0.5) is 0 Å². The van der Waals surface area contributed by atoms with Crippen molar-refractivity contribution in [2.45, 2.75) is 38.6 Å². The number of carbonyl (C=O) groups excluding carboxylic acids is 1. The number of amides is 1. The summed E-state index contributed by atoms with van der Waals surface area (Å²) >= 11 is 4.74. The lowest BCUT2D eigenvalue weighted by molar-refractivity contribution is -0.139. The molecule has 4 nitrogen and oxygen atoms in total. The number of halogens is 1. The van der Waals surface area contributed by atoms with Gasteiger partial charge in [0, 0.05) is 15.8 Å². The molecule has 1 atom stereocenters. The zero-order valence-corrected chi connectivity index (χ0v) is 16.2. The van der Waals surface area contributed by atoms with E-state index < -0.39 is 12.0 Å². The lowest BCUT2D eigenvalue weighted by Crippen LogP contribution is -2.42. The van der Waals surface area contributed by atoms with Gasteiger partial charge in [0.1, 0.15) is 6.04 Å². The molecule has 0 aliphatic heterocycles. The molecule has 0 radical (unpaired) electrons. The van der Waals surface area contributed by atoms with Gasteiger partial charge in [0.05, 0.1) is 4.88 Å². The molecule has 0 aliphatic rings. The van der Waals surface area contributed by atoms with Gasteiger partial charge in [-0.2, -0.15) is 0 Å². The number of nitrogens with one attached hydrogen (secondary N) is 1. The van der Waals surface area contributed by atoms with E-state index in [4.69, 9.17) is 0 Å². The van der Waals surface area contributed by atoms with Crippen LogP contribution in [-0.4, -0.2) is 23.0 Å². The minimum absolute atomic E-state index is 0.0349. The number of aliphatic carboxylic acids is 1. The molecule has 1 aromatic carbocycles. The van der Waals surface area contributed by atoms with Crippen molar-refractivity contribution < 1.29 is 14.7 Å². The van der Waals surface area contributed by atoms with E-state index in [1.54, 1.807) is 6.07 Å². The average Bonchev–Trinajstić information content (AvgIpc) is 2.98. The minimum Gasteiger partial charge on any atom is -0.480 e. The van der Waals surface area contributed by atoms with Crippen molar-refractivity contribution in [2.24, 2.45) is 0 Å². The highest BCUT2D eigenvalue weighted by molar-refractivity contribution is 9.10. The number of rotatable bonds is 5. The molecule has 24 heavy (non-hydrogen) atoms. The summed E-state index contributed by atoms with van der Waals surface area (Å²) in [5.41, 5.74) is 0.819. The van der Waals surface area contributed by atoms with Crippen molar-refractivity contribution in [1.82, 2.24) is 5.32 Å². The van der Waals surface area contributed by atoms with Gasteiger partial charge in [0.2, 0.25) is 0 Å². The highest BCUT2D eigenvalue weighted by Gasteiger charge is 2.23. The number of hydrogen-bond acceptors (Lipinski definition) is 3. The molecule has 0 aliphatic carbocycles. The van der Waals surface area contributed by atoms with E-state index in [2.05, 4.69) is 42.0 Å². The van der Waals surface area contributed by atoms with Crippen molar-refractivity contribution in [3.63, 3.8) is 0 Å². The fourth-order valence-electron chi connectivity index (χ4n) is 2.15. The molecule has 1 amide bonds. The summed E-state index contributed by atoms with van der Waals surface area (Å²) in [4.78, 5) is 25.5. The molecular weight excluding hydrogens is 390 g/mol. The number of carboxylic acids is 1. The Kier molecular flexibility index (Phi) is 5.83. The van der Waals surface area contributed by atoms with Gasteiger partial charge in [-0.15, -0.1) is 11.3 Å². The first-order valence-corrected chi connectivity index (χ1v) is 9.16. The van der Waals surface area contributed by atoms with Crippen LogP contribution in [0.15, 0.2) is 40.9 Å². The summed E-state index contributed by atoms with van der Waals surface area (Å²) < 4.78 is 0.926. The summed E-state index contributed by atoms with van der Waals surface area (Å²) in [7, 11) is 0. The number of benzene rings is 1. The van der Waals surface area contributed by atoms with Crippen molar-refractivity contribution in [3.05, 3.63) is 56.2 Å². The van der Waals surface area contributed by atoms with E-state index in [0.717, 1.165) is 14.9 Å². The molecule has 1 heterocycles. The molecule has 1 aromatic heterocycles. The lowest BCUT2D eigenvalue weighted by Gasteiger charge is -2.16. The largest absolute Gasteiger partial charge is 0.480 e. The third-order valence-corrected chi connectivity index (χ3v) is 5.56. The minimum atomic E-state index is -1.04. The smallest absolute Gasteiger partial charge is 0.326 e. The summed E-state index contributed by atoms with van der Waals surface area (Å²) in [5.74, 6) is -1.39. The molecule has 1 unspecified atom stereocenters. The van der Waals surface area contributed by atoms with Gasteiger partial charge in [-0.25, -0.2) is 4.79 Å². The molecule has 2 N–H and O–H groups in total. The van der Waals surface area contributed by atoms with Crippen LogP contribution in [-0.2, 0) is 16.6 Å². The monoisotopic (exact) mass is 409 g/mol. The van der Waals surface area contributed by atoms with Crippen LogP contribution in [0.3, 0.4) is 0 Å². The Hall–Kier alpha value is -1.66. The predicted octanol–water partition coefficient (Wildman–Crippen LogP) is 4.23. The Bertz CT molecular complexity index is 731. The summed E-state index contributed by atoms with van der Waals surface area (Å²) in [6.07, 6.45) is 0.242. The zero-order valence-electron chi connectivity index (χ0n) is 13.8. The van der Waals surface area contributed by atoms with E-state index in [1.165, 1.54) is 11.3 Å². The van der Waals surface area contributed by atoms with Crippen LogP contribution in [0, 0.1) is 0 Å². The maximum absolute atomic E-state index is 12.4. The lowest BCUT2D eigenvalue weighted by atomic mass is 9.95. The van der Waals surface area contributed by atoms with E-state index >= 15 is 0 Å². The first-order valence-electron chi connectivity index (χ1n) is 7.55. The number of thiophene rings is 1. The van der Waals surface area contributed by atoms with Gasteiger partial charge < -0.3 is 10.4 Å². The van der Waals surface area contributed by atoms with Crippen molar-refractivity contribution >= 4 is 39.1 Å². The maximum atomic E-state index is 12.4. The number of carboxylic acid groups (broad SMARTS) is 1. The Labute approximate surface area is 154 Å². The van der Waals surface area contributed by atoms with Crippen molar-refractivity contribution in [3.8, 4) is 0 Å². The highest BCUT2D eigenvalue weighted by Crippen LogP contribution is 2.29. The zero-order chi connectivity index (χ0) is 17.9. The Morgan fingerprint density at radius 1 is 1.17 bits per heavy atom. The third kappa shape index (κ3) is 4.92. The van der Waals surface area contributed by atoms with Crippen LogP contribution in [0.2, 0.25) is 0 Å². The summed E-state index contributed by atoms with van der Waals surface area (Å²) in [5, 5.41) is 12.0. The summed E-state index contributed by atoms with van der Waals surface area (Å²) in [6, 6.07) is 10.1. The second-order valence-corrected chi connectivity index (χ2v) is 8.61. The molecular formula is C18H20BrNO3S. The van der Waals surface area contributed by atoms with Crippen molar-refractivity contribution in [2.75, 3.05) is 0 Å². The SMILES string of the molecule is CC(C)(C)c1ccc(C(=O)NC(Cc2ccc(Br)cc2)C(=O)O)s1. The second kappa shape index (κ2) is 7.49. The van der Waals surface area contributed by atoms with Crippen LogP contribution in [0.5, 0.6) is 0 Å². The molecule has 0 saturated heterocycles. The van der Waals surface area contributed by atoms with E-state index in [9.17, 15) is 14.7 Å². The standard InChI is InChI=1S/C18H20BrNO3S/c1-18(2,3)15-9-8-14(24-15)16(21)20-13(17(22)23)10-11-4-6-12(19)7-5-11/h4-9,13H,10H2,1-3H3,(H,20,21)(H,22,23). The van der Waals surface area contributed by atoms with Gasteiger partial charge in [-0.3, -0.25) is 4.79 Å². The maximum Gasteiger partial charge on any atom is 0.326 e. The quantitative estimate of drug-likeness (QED) is 0.775. The van der Waals surface area contributed by atoms with Gasteiger partial charge in [-0.05, 0) is 35.2 Å². The molecule has 0 saturated carbocycles. The third-order valence-electron chi connectivity index (χ3n) is 3.53. The molecule has 0 spiro atoms. The fourth-order valence-corrected chi connectivity index (χ4v) is 3.38. The Morgan fingerprint density at radius 2 is 1.79 bits per heavy atom. The van der Waals surface area contributed by atoms with Crippen LogP contribution >= 0.6 is 27.3 Å². The Balaban J connectivity index is 2.09. The molecule has 6 heteroatoms. The predicted molar refractivity (Wildman–Crippen MR) is 99.8 cm³/mol. The van der Waals surface area contributed by atoms with Gasteiger partial charge in [0.25, 0.3) is 5.91 Å². The van der Waals surface area contributed by atoms with Crippen LogP contribution in [0.1, 0.15) is 40.9 Å². The summed E-state index contributed by atoms with van der Waals surface area (Å²) in [6.45, 7) is 6.23. The van der Waals surface area contributed by atoms with Gasteiger partial charge in [-0.1, -0.05) is 48.8 Å². The molecule has 128 valence electrons. The first kappa shape index (κ1) is 18.7. The number of carbonyl (C=O) groups is 2. The normalized spacial score (nSPS) is 12.7.